The molecule has 0 saturated carbocycles. The highest BCUT2D eigenvalue weighted by molar-refractivity contribution is 7.85. The Morgan fingerprint density at radius 3 is 2.34 bits per heavy atom. The summed E-state index contributed by atoms with van der Waals surface area (Å²) in [4.78, 5) is -0.178. The molecular formula is C28H24F3NO4S2. The average molecular weight is 560 g/mol. The zero-order valence-electron chi connectivity index (χ0n) is 20.7. The number of alkyl halides is 3. The molecule has 2 heterocycles. The Kier molecular flexibility index (Phi) is 7.78. The van der Waals surface area contributed by atoms with Gasteiger partial charge in [-0.1, -0.05) is 47.2 Å². The summed E-state index contributed by atoms with van der Waals surface area (Å²) in [5.74, 6) is 1.46. The number of para-hydroxylation sites is 1. The number of aromatic nitrogens is 1. The van der Waals surface area contributed by atoms with Crippen LogP contribution in [0, 0.1) is 6.92 Å². The van der Waals surface area contributed by atoms with Crippen LogP contribution in [0.4, 0.5) is 13.2 Å². The lowest BCUT2D eigenvalue weighted by atomic mass is 10.0. The van der Waals surface area contributed by atoms with Gasteiger partial charge in [0.15, 0.2) is 0 Å². The number of ether oxygens (including phenoxy) is 1. The molecule has 0 spiro atoms. The molecule has 4 aromatic rings. The van der Waals surface area contributed by atoms with Crippen LogP contribution in [0.5, 0.6) is 5.75 Å². The number of aryl methyl sites for hydroxylation is 2. The lowest BCUT2D eigenvalue weighted by Gasteiger charge is -2.17. The minimum Gasteiger partial charge on any atom is -0.744 e. The molecule has 5 nitrogen and oxygen atoms in total. The van der Waals surface area contributed by atoms with Gasteiger partial charge in [0, 0.05) is 11.6 Å². The van der Waals surface area contributed by atoms with E-state index in [1.807, 2.05) is 61.8 Å². The van der Waals surface area contributed by atoms with Crippen LogP contribution in [-0.4, -0.2) is 13.0 Å². The van der Waals surface area contributed by atoms with E-state index < -0.39 is 21.9 Å². The van der Waals surface area contributed by atoms with Gasteiger partial charge in [0.1, 0.15) is 32.9 Å². The molecule has 0 unspecified atom stereocenters. The second-order valence-corrected chi connectivity index (χ2v) is 11.0. The van der Waals surface area contributed by atoms with Crippen molar-refractivity contribution < 1.29 is 35.4 Å². The van der Waals surface area contributed by atoms with Crippen molar-refractivity contribution in [1.82, 2.24) is 0 Å². The maximum absolute atomic E-state index is 13.1. The molecule has 0 N–H and O–H groups in total. The monoisotopic (exact) mass is 559 g/mol. The molecule has 198 valence electrons. The van der Waals surface area contributed by atoms with Crippen LogP contribution in [0.3, 0.4) is 0 Å². The Bertz CT molecular complexity index is 1650. The SMILES string of the molecule is CC[n+]1c(/C=C2\C=C(C)c3ccccc3O2)sc2ccc(C(F)(F)F)cc21.Cc1ccc(S(=O)(=O)[O-])cc1. The van der Waals surface area contributed by atoms with Gasteiger partial charge < -0.3 is 9.29 Å². The Labute approximate surface area is 222 Å². The van der Waals surface area contributed by atoms with Gasteiger partial charge in [-0.3, -0.25) is 0 Å². The van der Waals surface area contributed by atoms with Gasteiger partial charge in [-0.05, 0) is 62.8 Å². The molecule has 10 heteroatoms. The van der Waals surface area contributed by atoms with E-state index in [-0.39, 0.29) is 4.90 Å². The highest BCUT2D eigenvalue weighted by atomic mass is 32.2. The van der Waals surface area contributed by atoms with Crippen LogP contribution in [0.25, 0.3) is 21.9 Å². The molecule has 0 aliphatic carbocycles. The summed E-state index contributed by atoms with van der Waals surface area (Å²) < 4.78 is 79.0. The van der Waals surface area contributed by atoms with Gasteiger partial charge >= 0.3 is 6.18 Å². The first-order valence-electron chi connectivity index (χ1n) is 11.6. The first kappa shape index (κ1) is 27.6. The van der Waals surface area contributed by atoms with Crippen LogP contribution in [0.1, 0.15) is 35.5 Å². The predicted molar refractivity (Wildman–Crippen MR) is 141 cm³/mol. The minimum atomic E-state index is -4.35. The summed E-state index contributed by atoms with van der Waals surface area (Å²) in [5.41, 5.74) is 3.02. The molecule has 0 fully saturated rings. The smallest absolute Gasteiger partial charge is 0.416 e. The number of benzene rings is 3. The number of thiazole rings is 1. The molecule has 1 aromatic heterocycles. The molecule has 0 atom stereocenters. The number of hydrogen-bond donors (Lipinski definition) is 0. The zero-order chi connectivity index (χ0) is 27.7. The van der Waals surface area contributed by atoms with Crippen molar-refractivity contribution in [3.8, 4) is 5.75 Å². The zero-order valence-corrected chi connectivity index (χ0v) is 22.4. The Balaban J connectivity index is 0.000000257. The van der Waals surface area contributed by atoms with Crippen LogP contribution < -0.4 is 9.30 Å². The van der Waals surface area contributed by atoms with E-state index >= 15 is 0 Å². The Morgan fingerprint density at radius 1 is 1.03 bits per heavy atom. The Morgan fingerprint density at radius 2 is 1.71 bits per heavy atom. The summed E-state index contributed by atoms with van der Waals surface area (Å²) in [6.07, 6.45) is -0.509. The lowest BCUT2D eigenvalue weighted by molar-refractivity contribution is -0.665. The number of hydrogen-bond acceptors (Lipinski definition) is 5. The molecule has 0 amide bonds. The molecular weight excluding hydrogens is 535 g/mol. The summed E-state index contributed by atoms with van der Waals surface area (Å²) >= 11 is 1.45. The van der Waals surface area contributed by atoms with E-state index in [4.69, 9.17) is 4.74 Å². The second kappa shape index (κ2) is 10.7. The van der Waals surface area contributed by atoms with Gasteiger partial charge in [0.25, 0.3) is 5.01 Å². The van der Waals surface area contributed by atoms with Crippen molar-refractivity contribution in [3.63, 3.8) is 0 Å². The van der Waals surface area contributed by atoms with E-state index in [0.29, 0.717) is 17.8 Å². The highest BCUT2D eigenvalue weighted by Gasteiger charge is 2.32. The first-order chi connectivity index (χ1) is 17.9. The van der Waals surface area contributed by atoms with E-state index in [9.17, 15) is 26.1 Å². The topological polar surface area (TPSA) is 70.3 Å². The van der Waals surface area contributed by atoms with E-state index in [1.54, 1.807) is 12.1 Å². The molecule has 0 saturated heterocycles. The summed E-state index contributed by atoms with van der Waals surface area (Å²) in [6.45, 7) is 6.33. The molecule has 0 radical (unpaired) electrons. The van der Waals surface area contributed by atoms with Crippen molar-refractivity contribution in [2.45, 2.75) is 38.4 Å². The largest absolute Gasteiger partial charge is 0.744 e. The van der Waals surface area contributed by atoms with Crippen molar-refractivity contribution in [2.75, 3.05) is 0 Å². The van der Waals surface area contributed by atoms with Gasteiger partial charge in [0.05, 0.1) is 16.5 Å². The van der Waals surface area contributed by atoms with Crippen LogP contribution in [0.15, 0.2) is 83.5 Å². The number of rotatable bonds is 3. The molecule has 1 aliphatic heterocycles. The third-order valence-corrected chi connectivity index (χ3v) is 7.81. The standard InChI is InChI=1S/C21H17F3NOS.C7H8O3S/c1-3-25-17-11-14(21(22,23)24)8-9-19(17)27-20(25)12-15-10-13(2)16-6-4-5-7-18(16)26-15;1-6-2-4-7(5-3-6)11(8,9)10/h4-12H,3H2,1-2H3;2-5H,1H3,(H,8,9,10)/q+1;/p-1/b15-12+;. The van der Waals surface area contributed by atoms with Crippen LogP contribution >= 0.6 is 11.3 Å². The fraction of sp³-hybridized carbons (Fsp3) is 0.179. The fourth-order valence-corrected chi connectivity index (χ4v) is 5.55. The van der Waals surface area contributed by atoms with Gasteiger partial charge in [-0.2, -0.15) is 17.7 Å². The number of allylic oxidation sites excluding steroid dienone is 2. The van der Waals surface area contributed by atoms with Crippen molar-refractivity contribution >= 4 is 43.3 Å². The van der Waals surface area contributed by atoms with Crippen LogP contribution in [0.2, 0.25) is 0 Å². The second-order valence-electron chi connectivity index (χ2n) is 8.60. The summed E-state index contributed by atoms with van der Waals surface area (Å²) in [7, 11) is -4.27. The summed E-state index contributed by atoms with van der Waals surface area (Å²) in [5, 5.41) is 0.852. The molecule has 0 bridgehead atoms. The van der Waals surface area contributed by atoms with Gasteiger partial charge in [0.2, 0.25) is 5.52 Å². The highest BCUT2D eigenvalue weighted by Crippen LogP contribution is 2.35. The van der Waals surface area contributed by atoms with Gasteiger partial charge in [-0.25, -0.2) is 8.42 Å². The van der Waals surface area contributed by atoms with Crippen molar-refractivity contribution in [2.24, 2.45) is 0 Å². The minimum absolute atomic E-state index is 0.178. The van der Waals surface area contributed by atoms with Crippen molar-refractivity contribution in [3.05, 3.63) is 100 Å². The third-order valence-electron chi connectivity index (χ3n) is 5.85. The number of nitrogens with zero attached hydrogens (tertiary/aromatic N) is 1. The molecule has 38 heavy (non-hydrogen) atoms. The van der Waals surface area contributed by atoms with Crippen LogP contribution in [-0.2, 0) is 22.8 Å². The predicted octanol–water partition coefficient (Wildman–Crippen LogP) is 6.96. The van der Waals surface area contributed by atoms with Crippen molar-refractivity contribution in [1.29, 1.82) is 0 Å². The Hall–Kier alpha value is -3.47. The first-order valence-corrected chi connectivity index (χ1v) is 13.8. The fourth-order valence-electron chi connectivity index (χ4n) is 3.94. The number of fused-ring (bicyclic) bond motifs is 2. The van der Waals surface area contributed by atoms with Gasteiger partial charge in [-0.15, -0.1) is 0 Å². The normalized spacial score (nSPS) is 14.4. The molecule has 3 aromatic carbocycles. The average Bonchev–Trinajstić information content (AvgIpc) is 3.19. The number of halogens is 3. The maximum Gasteiger partial charge on any atom is 0.416 e. The quantitative estimate of drug-likeness (QED) is 0.201. The molecule has 5 rings (SSSR count). The lowest BCUT2D eigenvalue weighted by Crippen LogP contribution is -2.33. The van der Waals surface area contributed by atoms with E-state index in [2.05, 4.69) is 0 Å². The third kappa shape index (κ3) is 6.15. The maximum atomic E-state index is 13.1. The van der Waals surface area contributed by atoms with E-state index in [0.717, 1.165) is 38.2 Å². The summed E-state index contributed by atoms with van der Waals surface area (Å²) in [6, 6.07) is 17.5. The van der Waals surface area contributed by atoms with E-state index in [1.165, 1.54) is 35.6 Å². The molecule has 1 aliphatic rings.